The third-order valence-electron chi connectivity index (χ3n) is 2.77. The average molecular weight is 260 g/mol. The van der Waals surface area contributed by atoms with Gasteiger partial charge in [0.05, 0.1) is 16.6 Å². The highest BCUT2D eigenvalue weighted by molar-refractivity contribution is 5.76. The maximum Gasteiger partial charge on any atom is 0.0886 e. The minimum absolute atomic E-state index is 0.949. The van der Waals surface area contributed by atoms with Crippen molar-refractivity contribution in [1.29, 1.82) is 0 Å². The fourth-order valence-electron chi connectivity index (χ4n) is 1.82. The summed E-state index contributed by atoms with van der Waals surface area (Å²) in [5.74, 6) is 0. The van der Waals surface area contributed by atoms with Crippen LogP contribution in [0.5, 0.6) is 0 Å². The third kappa shape index (κ3) is 2.75. The van der Waals surface area contributed by atoms with E-state index in [1.54, 1.807) is 24.8 Å². The first kappa shape index (κ1) is 12.2. The first-order valence-electron chi connectivity index (χ1n) is 6.24. The van der Waals surface area contributed by atoms with E-state index in [2.05, 4.69) is 19.9 Å². The zero-order valence-corrected chi connectivity index (χ0v) is 10.7. The molecule has 0 radical (unpaired) electrons. The molecule has 0 aliphatic rings. The molecule has 0 aliphatic heterocycles. The van der Waals surface area contributed by atoms with Crippen LogP contribution < -0.4 is 0 Å². The summed E-state index contributed by atoms with van der Waals surface area (Å²) in [6.07, 6.45) is 8.87. The molecule has 0 spiro atoms. The van der Waals surface area contributed by atoms with Crippen LogP contribution in [-0.4, -0.2) is 19.9 Å². The van der Waals surface area contributed by atoms with E-state index in [-0.39, 0.29) is 0 Å². The minimum Gasteiger partial charge on any atom is -0.264 e. The summed E-state index contributed by atoms with van der Waals surface area (Å²) >= 11 is 0. The van der Waals surface area contributed by atoms with E-state index >= 15 is 0 Å². The Morgan fingerprint density at radius 2 is 1.15 bits per heavy atom. The molecule has 0 saturated carbocycles. The highest BCUT2D eigenvalue weighted by Gasteiger charge is 1.88. The normalized spacial score (nSPS) is 10.0. The van der Waals surface area contributed by atoms with Crippen molar-refractivity contribution < 1.29 is 0 Å². The van der Waals surface area contributed by atoms with E-state index in [4.69, 9.17) is 0 Å². The lowest BCUT2D eigenvalue weighted by molar-refractivity contribution is 1.32. The second kappa shape index (κ2) is 5.84. The standard InChI is InChI=1S/2C8H6N2/c1-3-7-8(9-5-1)4-2-6-10-7;1-2-7-6-9-5-3-8(7)10-4-1/h2*1-6H. The molecule has 4 rings (SSSR count). The van der Waals surface area contributed by atoms with Crippen LogP contribution in [-0.2, 0) is 0 Å². The van der Waals surface area contributed by atoms with Crippen LogP contribution in [0.15, 0.2) is 73.4 Å². The number of nitrogens with zero attached hydrogens (tertiary/aromatic N) is 4. The quantitative estimate of drug-likeness (QED) is 0.487. The number of hydrogen-bond acceptors (Lipinski definition) is 4. The summed E-state index contributed by atoms with van der Waals surface area (Å²) < 4.78 is 0. The monoisotopic (exact) mass is 260 g/mol. The van der Waals surface area contributed by atoms with Gasteiger partial charge in [0.15, 0.2) is 0 Å². The molecule has 0 aliphatic carbocycles. The van der Waals surface area contributed by atoms with Crippen molar-refractivity contribution in [3.63, 3.8) is 0 Å². The van der Waals surface area contributed by atoms with Gasteiger partial charge in [-0.05, 0) is 42.5 Å². The Balaban J connectivity index is 0.000000121. The predicted molar refractivity (Wildman–Crippen MR) is 79.1 cm³/mol. The van der Waals surface area contributed by atoms with Crippen LogP contribution >= 0.6 is 0 Å². The van der Waals surface area contributed by atoms with E-state index < -0.39 is 0 Å². The van der Waals surface area contributed by atoms with Crippen molar-refractivity contribution in [3.05, 3.63) is 73.4 Å². The average Bonchev–Trinajstić information content (AvgIpc) is 2.56. The number of aromatic nitrogens is 4. The van der Waals surface area contributed by atoms with Gasteiger partial charge in [-0.2, -0.15) is 0 Å². The van der Waals surface area contributed by atoms with Crippen molar-refractivity contribution in [2.24, 2.45) is 0 Å². The Hall–Kier alpha value is -2.88. The molecule has 0 unspecified atom stereocenters. The molecular weight excluding hydrogens is 248 g/mol. The van der Waals surface area contributed by atoms with Crippen LogP contribution in [0, 0.1) is 0 Å². The molecule has 0 N–H and O–H groups in total. The van der Waals surface area contributed by atoms with Crippen LogP contribution in [0.3, 0.4) is 0 Å². The summed E-state index contributed by atoms with van der Waals surface area (Å²) in [6, 6.07) is 13.5. The van der Waals surface area contributed by atoms with Crippen LogP contribution in [0.1, 0.15) is 0 Å². The van der Waals surface area contributed by atoms with Gasteiger partial charge in [0.1, 0.15) is 0 Å². The van der Waals surface area contributed by atoms with Crippen molar-refractivity contribution in [2.75, 3.05) is 0 Å². The Morgan fingerprint density at radius 1 is 0.550 bits per heavy atom. The lowest BCUT2D eigenvalue weighted by Crippen LogP contribution is -1.78. The van der Waals surface area contributed by atoms with Gasteiger partial charge in [0, 0.05) is 36.4 Å². The zero-order valence-electron chi connectivity index (χ0n) is 10.7. The van der Waals surface area contributed by atoms with Gasteiger partial charge in [-0.3, -0.25) is 19.9 Å². The fourth-order valence-corrected chi connectivity index (χ4v) is 1.82. The molecule has 0 bridgehead atoms. The van der Waals surface area contributed by atoms with Gasteiger partial charge in [-0.25, -0.2) is 0 Å². The molecule has 96 valence electrons. The van der Waals surface area contributed by atoms with Crippen molar-refractivity contribution in [3.8, 4) is 0 Å². The van der Waals surface area contributed by atoms with E-state index in [0.29, 0.717) is 0 Å². The van der Waals surface area contributed by atoms with Gasteiger partial charge in [-0.1, -0.05) is 0 Å². The maximum absolute atomic E-state index is 4.14. The molecule has 0 atom stereocenters. The van der Waals surface area contributed by atoms with Gasteiger partial charge in [0.25, 0.3) is 0 Å². The fraction of sp³-hybridized carbons (Fsp3) is 0. The van der Waals surface area contributed by atoms with Crippen molar-refractivity contribution >= 4 is 21.9 Å². The Morgan fingerprint density at radius 3 is 1.80 bits per heavy atom. The predicted octanol–water partition coefficient (Wildman–Crippen LogP) is 3.26. The Kier molecular flexibility index (Phi) is 3.55. The molecule has 0 amide bonds. The molecule has 4 aromatic rings. The molecular formula is C16H12N4. The van der Waals surface area contributed by atoms with E-state index in [1.807, 2.05) is 48.7 Å². The van der Waals surface area contributed by atoms with Crippen LogP contribution in [0.4, 0.5) is 0 Å². The van der Waals surface area contributed by atoms with Gasteiger partial charge >= 0.3 is 0 Å². The third-order valence-corrected chi connectivity index (χ3v) is 2.77. The molecule has 4 heterocycles. The van der Waals surface area contributed by atoms with Crippen molar-refractivity contribution in [2.45, 2.75) is 0 Å². The summed E-state index contributed by atoms with van der Waals surface area (Å²) in [5, 5.41) is 1.09. The highest BCUT2D eigenvalue weighted by Crippen LogP contribution is 2.06. The molecule has 4 aromatic heterocycles. The number of hydrogen-bond donors (Lipinski definition) is 0. The lowest BCUT2D eigenvalue weighted by atomic mass is 10.3. The molecule has 4 nitrogen and oxygen atoms in total. The van der Waals surface area contributed by atoms with E-state index in [1.165, 1.54) is 0 Å². The number of pyridine rings is 4. The zero-order chi connectivity index (χ0) is 13.6. The molecule has 4 heteroatoms. The van der Waals surface area contributed by atoms with Crippen LogP contribution in [0.2, 0.25) is 0 Å². The number of fused-ring (bicyclic) bond motifs is 2. The lowest BCUT2D eigenvalue weighted by Gasteiger charge is -1.90. The second-order valence-electron chi connectivity index (χ2n) is 4.12. The van der Waals surface area contributed by atoms with Crippen molar-refractivity contribution in [1.82, 2.24) is 19.9 Å². The summed E-state index contributed by atoms with van der Waals surface area (Å²) in [5.41, 5.74) is 2.90. The first-order chi connectivity index (χ1) is 9.93. The largest absolute Gasteiger partial charge is 0.264 e. The Bertz CT molecular complexity index is 628. The van der Waals surface area contributed by atoms with Gasteiger partial charge in [0.2, 0.25) is 0 Å². The first-order valence-corrected chi connectivity index (χ1v) is 6.24. The smallest absolute Gasteiger partial charge is 0.0886 e. The molecule has 0 saturated heterocycles. The number of rotatable bonds is 0. The summed E-state index contributed by atoms with van der Waals surface area (Å²) in [6.45, 7) is 0. The van der Waals surface area contributed by atoms with Crippen LogP contribution in [0.25, 0.3) is 21.9 Å². The second-order valence-corrected chi connectivity index (χ2v) is 4.12. The Labute approximate surface area is 116 Å². The minimum atomic E-state index is 0.949. The van der Waals surface area contributed by atoms with Gasteiger partial charge in [-0.15, -0.1) is 0 Å². The summed E-state index contributed by atoms with van der Waals surface area (Å²) in [7, 11) is 0. The molecule has 20 heavy (non-hydrogen) atoms. The van der Waals surface area contributed by atoms with E-state index in [9.17, 15) is 0 Å². The SMILES string of the molecule is c1cnc2cccnc2c1.c1cnc2ccncc2c1. The molecule has 0 aromatic carbocycles. The van der Waals surface area contributed by atoms with E-state index in [0.717, 1.165) is 21.9 Å². The van der Waals surface area contributed by atoms with Gasteiger partial charge < -0.3 is 0 Å². The summed E-state index contributed by atoms with van der Waals surface area (Å²) in [4.78, 5) is 16.4. The topological polar surface area (TPSA) is 51.6 Å². The highest BCUT2D eigenvalue weighted by atomic mass is 14.7. The molecule has 0 fully saturated rings. The maximum atomic E-state index is 4.14.